The Balaban J connectivity index is 2.27. The van der Waals surface area contributed by atoms with Gasteiger partial charge in [-0.15, -0.1) is 0 Å². The van der Waals surface area contributed by atoms with Crippen molar-refractivity contribution in [1.29, 1.82) is 0 Å². The first-order valence-corrected chi connectivity index (χ1v) is 7.07. The summed E-state index contributed by atoms with van der Waals surface area (Å²) in [6.45, 7) is 4.70. The third-order valence-corrected chi connectivity index (χ3v) is 3.55. The molecule has 2 aromatic rings. The summed E-state index contributed by atoms with van der Waals surface area (Å²) < 4.78 is 11.1. The molecule has 110 valence electrons. The molecule has 0 aliphatic rings. The molecular formula is C16H23NO3. The van der Waals surface area contributed by atoms with Crippen molar-refractivity contribution in [2.45, 2.75) is 32.4 Å². The molecule has 0 bridgehead atoms. The number of aliphatic hydroxyl groups is 1. The van der Waals surface area contributed by atoms with Gasteiger partial charge >= 0.3 is 0 Å². The van der Waals surface area contributed by atoms with Gasteiger partial charge < -0.3 is 19.6 Å². The summed E-state index contributed by atoms with van der Waals surface area (Å²) in [6.07, 6.45) is 0.923. The molecule has 2 unspecified atom stereocenters. The van der Waals surface area contributed by atoms with Crippen LogP contribution >= 0.6 is 0 Å². The quantitative estimate of drug-likeness (QED) is 0.817. The van der Waals surface area contributed by atoms with E-state index in [0.717, 1.165) is 17.8 Å². The fourth-order valence-electron chi connectivity index (χ4n) is 2.62. The molecule has 1 aromatic heterocycles. The minimum absolute atomic E-state index is 0.0321. The normalized spacial score (nSPS) is 14.6. The molecule has 0 radical (unpaired) electrons. The predicted octanol–water partition coefficient (Wildman–Crippen LogP) is 2.65. The molecule has 2 rings (SSSR count). The fraction of sp³-hybridized carbons (Fsp3) is 0.500. The first kappa shape index (κ1) is 15.0. The molecule has 2 N–H and O–H groups in total. The number of aliphatic hydroxyl groups excluding tert-OH is 1. The number of furan rings is 1. The van der Waals surface area contributed by atoms with E-state index in [-0.39, 0.29) is 18.7 Å². The second kappa shape index (κ2) is 6.88. The number of hydrogen-bond acceptors (Lipinski definition) is 4. The zero-order valence-electron chi connectivity index (χ0n) is 12.3. The van der Waals surface area contributed by atoms with E-state index in [0.29, 0.717) is 6.61 Å². The van der Waals surface area contributed by atoms with Crippen molar-refractivity contribution < 1.29 is 14.3 Å². The van der Waals surface area contributed by atoms with Crippen LogP contribution in [-0.2, 0) is 11.2 Å². The topological polar surface area (TPSA) is 54.6 Å². The lowest BCUT2D eigenvalue weighted by molar-refractivity contribution is 0.121. The predicted molar refractivity (Wildman–Crippen MR) is 79.9 cm³/mol. The Kier molecular flexibility index (Phi) is 5.17. The van der Waals surface area contributed by atoms with Gasteiger partial charge in [0, 0.05) is 18.1 Å². The van der Waals surface area contributed by atoms with Crippen LogP contribution in [0.2, 0.25) is 0 Å². The first-order chi connectivity index (χ1) is 9.71. The molecule has 0 aliphatic carbocycles. The molecule has 2 atom stereocenters. The Hall–Kier alpha value is -1.36. The van der Waals surface area contributed by atoms with Crippen LogP contribution < -0.4 is 5.32 Å². The number of benzene rings is 1. The van der Waals surface area contributed by atoms with Crippen molar-refractivity contribution in [2.75, 3.05) is 20.3 Å². The summed E-state index contributed by atoms with van der Waals surface area (Å²) in [5.74, 6) is 0.947. The summed E-state index contributed by atoms with van der Waals surface area (Å²) in [6, 6.07) is 8.03. The summed E-state index contributed by atoms with van der Waals surface area (Å²) in [7, 11) is 1.63. The van der Waals surface area contributed by atoms with Gasteiger partial charge in [0.1, 0.15) is 11.3 Å². The van der Waals surface area contributed by atoms with Gasteiger partial charge in [-0.3, -0.25) is 0 Å². The second-order valence-corrected chi connectivity index (χ2v) is 5.02. The summed E-state index contributed by atoms with van der Waals surface area (Å²) >= 11 is 0. The molecule has 0 aliphatic heterocycles. The average Bonchev–Trinajstić information content (AvgIpc) is 2.85. The van der Waals surface area contributed by atoms with Crippen molar-refractivity contribution in [3.8, 4) is 0 Å². The third-order valence-electron chi connectivity index (χ3n) is 3.55. The highest BCUT2D eigenvalue weighted by molar-refractivity contribution is 5.82. The molecule has 20 heavy (non-hydrogen) atoms. The lowest BCUT2D eigenvalue weighted by Gasteiger charge is -2.20. The smallest absolute Gasteiger partial charge is 0.134 e. The van der Waals surface area contributed by atoms with Gasteiger partial charge in [-0.1, -0.05) is 25.1 Å². The highest BCUT2D eigenvalue weighted by Gasteiger charge is 2.20. The molecule has 0 fully saturated rings. The van der Waals surface area contributed by atoms with Gasteiger partial charge in [-0.2, -0.15) is 0 Å². The van der Waals surface area contributed by atoms with Crippen molar-refractivity contribution in [3.63, 3.8) is 0 Å². The van der Waals surface area contributed by atoms with Gasteiger partial charge in [-0.25, -0.2) is 0 Å². The molecule has 4 nitrogen and oxygen atoms in total. The SMILES string of the molecule is CCc1c(C(C)NC(CO)COC)oc2ccccc12. The van der Waals surface area contributed by atoms with Gasteiger partial charge in [-0.05, 0) is 19.4 Å². The number of aryl methyl sites for hydroxylation is 1. The number of para-hydroxylation sites is 1. The molecule has 1 aromatic carbocycles. The maximum atomic E-state index is 9.35. The highest BCUT2D eigenvalue weighted by atomic mass is 16.5. The average molecular weight is 277 g/mol. The van der Waals surface area contributed by atoms with Crippen molar-refractivity contribution in [2.24, 2.45) is 0 Å². The number of nitrogens with one attached hydrogen (secondary N) is 1. The lowest BCUT2D eigenvalue weighted by atomic mass is 10.0. The molecular weight excluding hydrogens is 254 g/mol. The van der Waals surface area contributed by atoms with Crippen LogP contribution in [0.3, 0.4) is 0 Å². The minimum Gasteiger partial charge on any atom is -0.459 e. The van der Waals surface area contributed by atoms with Gasteiger partial charge in [0.15, 0.2) is 0 Å². The molecule has 1 heterocycles. The molecule has 0 saturated heterocycles. The van der Waals surface area contributed by atoms with Gasteiger partial charge in [0.25, 0.3) is 0 Å². The van der Waals surface area contributed by atoms with Gasteiger partial charge in [0.2, 0.25) is 0 Å². The minimum atomic E-state index is -0.0899. The zero-order valence-corrected chi connectivity index (χ0v) is 12.3. The van der Waals surface area contributed by atoms with E-state index in [9.17, 15) is 5.11 Å². The summed E-state index contributed by atoms with van der Waals surface area (Å²) in [5, 5.41) is 13.9. The van der Waals surface area contributed by atoms with Crippen LogP contribution in [0.1, 0.15) is 31.2 Å². The van der Waals surface area contributed by atoms with Crippen LogP contribution in [0, 0.1) is 0 Å². The van der Waals surface area contributed by atoms with Crippen molar-refractivity contribution >= 4 is 11.0 Å². The largest absolute Gasteiger partial charge is 0.459 e. The van der Waals surface area contributed by atoms with Crippen LogP contribution in [-0.4, -0.2) is 31.5 Å². The Labute approximate surface area is 119 Å². The maximum absolute atomic E-state index is 9.35. The Bertz CT molecular complexity index is 550. The van der Waals surface area contributed by atoms with E-state index in [1.807, 2.05) is 18.2 Å². The van der Waals surface area contributed by atoms with E-state index in [4.69, 9.17) is 9.15 Å². The molecule has 0 amide bonds. The fourth-order valence-corrected chi connectivity index (χ4v) is 2.62. The Morgan fingerprint density at radius 1 is 1.35 bits per heavy atom. The second-order valence-electron chi connectivity index (χ2n) is 5.02. The van der Waals surface area contributed by atoms with Crippen molar-refractivity contribution in [1.82, 2.24) is 5.32 Å². The maximum Gasteiger partial charge on any atom is 0.134 e. The number of rotatable bonds is 7. The Morgan fingerprint density at radius 2 is 2.10 bits per heavy atom. The van der Waals surface area contributed by atoms with Crippen LogP contribution in [0.15, 0.2) is 28.7 Å². The van der Waals surface area contributed by atoms with E-state index < -0.39 is 0 Å². The monoisotopic (exact) mass is 277 g/mol. The molecule has 4 heteroatoms. The lowest BCUT2D eigenvalue weighted by Crippen LogP contribution is -2.38. The highest BCUT2D eigenvalue weighted by Crippen LogP contribution is 2.30. The first-order valence-electron chi connectivity index (χ1n) is 7.07. The number of methoxy groups -OCH3 is 1. The Morgan fingerprint density at radius 3 is 2.75 bits per heavy atom. The third kappa shape index (κ3) is 3.03. The number of fused-ring (bicyclic) bond motifs is 1. The van der Waals surface area contributed by atoms with E-state index >= 15 is 0 Å². The van der Waals surface area contributed by atoms with Crippen LogP contribution in [0.4, 0.5) is 0 Å². The number of hydrogen-bond donors (Lipinski definition) is 2. The standard InChI is InChI=1S/C16H23NO3/c1-4-13-14-7-5-6-8-15(14)20-16(13)11(2)17-12(9-18)10-19-3/h5-8,11-12,17-18H,4,9-10H2,1-3H3. The zero-order chi connectivity index (χ0) is 14.5. The summed E-state index contributed by atoms with van der Waals surface area (Å²) in [4.78, 5) is 0. The van der Waals surface area contributed by atoms with Gasteiger partial charge in [0.05, 0.1) is 25.3 Å². The number of ether oxygens (including phenoxy) is 1. The van der Waals surface area contributed by atoms with E-state index in [1.54, 1.807) is 7.11 Å². The van der Waals surface area contributed by atoms with E-state index in [1.165, 1.54) is 10.9 Å². The molecule has 0 saturated carbocycles. The molecule has 0 spiro atoms. The van der Waals surface area contributed by atoms with Crippen LogP contribution in [0.5, 0.6) is 0 Å². The van der Waals surface area contributed by atoms with Crippen molar-refractivity contribution in [3.05, 3.63) is 35.6 Å². The van der Waals surface area contributed by atoms with Crippen LogP contribution in [0.25, 0.3) is 11.0 Å². The summed E-state index contributed by atoms with van der Waals surface area (Å²) in [5.41, 5.74) is 2.15. The van der Waals surface area contributed by atoms with E-state index in [2.05, 4.69) is 25.2 Å².